The summed E-state index contributed by atoms with van der Waals surface area (Å²) in [5.74, 6) is 0.731. The molecule has 1 aromatic heterocycles. The van der Waals surface area contributed by atoms with Gasteiger partial charge in [0, 0.05) is 11.1 Å². The van der Waals surface area contributed by atoms with Crippen LogP contribution in [0.4, 0.5) is 5.82 Å². The van der Waals surface area contributed by atoms with E-state index in [4.69, 9.17) is 4.74 Å². The first kappa shape index (κ1) is 12.5. The van der Waals surface area contributed by atoms with Crippen molar-refractivity contribution in [2.45, 2.75) is 26.4 Å². The highest BCUT2D eigenvalue weighted by Gasteiger charge is 2.30. The second kappa shape index (κ2) is 5.14. The van der Waals surface area contributed by atoms with Crippen LogP contribution < -0.4 is 5.32 Å². The largest absolute Gasteiger partial charge is 0.368 e. The number of ether oxygens (including phenoxy) is 1. The van der Waals surface area contributed by atoms with Crippen molar-refractivity contribution in [2.24, 2.45) is 5.92 Å². The summed E-state index contributed by atoms with van der Waals surface area (Å²) in [5.41, 5.74) is 0.850. The molecule has 5 heteroatoms. The first-order chi connectivity index (χ1) is 8.08. The lowest BCUT2D eigenvalue weighted by molar-refractivity contribution is -0.126. The number of anilines is 1. The Morgan fingerprint density at radius 1 is 1.59 bits per heavy atom. The van der Waals surface area contributed by atoms with Gasteiger partial charge in [-0.25, -0.2) is 4.98 Å². The van der Waals surface area contributed by atoms with E-state index in [2.05, 4.69) is 26.2 Å². The predicted octanol–water partition coefficient (Wildman–Crippen LogP) is 2.52. The second-order valence-corrected chi connectivity index (χ2v) is 5.16. The van der Waals surface area contributed by atoms with Gasteiger partial charge in [-0.05, 0) is 47.3 Å². The van der Waals surface area contributed by atoms with E-state index < -0.39 is 0 Å². The third-order valence-electron chi connectivity index (χ3n) is 2.92. The van der Waals surface area contributed by atoms with Crippen molar-refractivity contribution in [1.29, 1.82) is 0 Å². The monoisotopic (exact) mass is 298 g/mol. The van der Waals surface area contributed by atoms with Crippen molar-refractivity contribution in [3.63, 3.8) is 0 Å². The number of nitrogens with zero attached hydrogens (tertiary/aromatic N) is 1. The molecule has 1 saturated heterocycles. The van der Waals surface area contributed by atoms with E-state index >= 15 is 0 Å². The molecule has 1 aliphatic heterocycles. The minimum atomic E-state index is -0.347. The molecule has 17 heavy (non-hydrogen) atoms. The highest BCUT2D eigenvalue weighted by molar-refractivity contribution is 9.10. The minimum Gasteiger partial charge on any atom is -0.368 e. The van der Waals surface area contributed by atoms with E-state index in [1.807, 2.05) is 19.9 Å². The van der Waals surface area contributed by atoms with Gasteiger partial charge < -0.3 is 10.1 Å². The Bertz CT molecular complexity index is 437. The summed E-state index contributed by atoms with van der Waals surface area (Å²) in [6.45, 7) is 4.57. The minimum absolute atomic E-state index is 0.107. The average Bonchev–Trinajstić information content (AvgIpc) is 2.70. The second-order valence-electron chi connectivity index (χ2n) is 4.31. The average molecular weight is 299 g/mol. The maximum absolute atomic E-state index is 11.9. The molecular formula is C12H15BrN2O2. The molecule has 1 aromatic rings. The van der Waals surface area contributed by atoms with Crippen LogP contribution in [0, 0.1) is 12.8 Å². The molecule has 0 spiro atoms. The Morgan fingerprint density at radius 2 is 2.35 bits per heavy atom. The predicted molar refractivity (Wildman–Crippen MR) is 68.8 cm³/mol. The van der Waals surface area contributed by atoms with Crippen molar-refractivity contribution in [3.8, 4) is 0 Å². The lowest BCUT2D eigenvalue weighted by atomic mass is 10.0. The number of aromatic nitrogens is 1. The van der Waals surface area contributed by atoms with Crippen molar-refractivity contribution < 1.29 is 9.53 Å². The van der Waals surface area contributed by atoms with Crippen LogP contribution in [0.1, 0.15) is 19.0 Å². The summed E-state index contributed by atoms with van der Waals surface area (Å²) in [6, 6.07) is 3.64. The Labute approximate surface area is 109 Å². The molecular weight excluding hydrogens is 284 g/mol. The molecule has 0 radical (unpaired) electrons. The molecule has 1 fully saturated rings. The highest BCUT2D eigenvalue weighted by atomic mass is 79.9. The number of carbonyl (C=O) groups excluding carboxylic acids is 1. The zero-order chi connectivity index (χ0) is 12.4. The smallest absolute Gasteiger partial charge is 0.254 e. The Kier molecular flexibility index (Phi) is 3.79. The molecule has 2 atom stereocenters. The van der Waals surface area contributed by atoms with Crippen LogP contribution in [-0.2, 0) is 9.53 Å². The quantitative estimate of drug-likeness (QED) is 0.913. The number of aryl methyl sites for hydroxylation is 1. The van der Waals surface area contributed by atoms with Crippen LogP contribution in [0.15, 0.2) is 16.6 Å². The Morgan fingerprint density at radius 3 is 2.94 bits per heavy atom. The molecule has 2 unspecified atom stereocenters. The fourth-order valence-electron chi connectivity index (χ4n) is 1.84. The van der Waals surface area contributed by atoms with E-state index in [0.29, 0.717) is 12.4 Å². The summed E-state index contributed by atoms with van der Waals surface area (Å²) < 4.78 is 6.34. The molecule has 0 aromatic carbocycles. The fraction of sp³-hybridized carbons (Fsp3) is 0.500. The zero-order valence-electron chi connectivity index (χ0n) is 9.87. The number of hydrogen-bond donors (Lipinski definition) is 1. The zero-order valence-corrected chi connectivity index (χ0v) is 11.5. The SMILES string of the molecule is Cc1nc(NC(=O)C2OCCC2C)ccc1Br. The van der Waals surface area contributed by atoms with Gasteiger partial charge in [-0.15, -0.1) is 0 Å². The maximum atomic E-state index is 11.9. The van der Waals surface area contributed by atoms with Crippen LogP contribution in [0.3, 0.4) is 0 Å². The number of pyridine rings is 1. The van der Waals surface area contributed by atoms with E-state index in [0.717, 1.165) is 16.6 Å². The summed E-state index contributed by atoms with van der Waals surface area (Å²) >= 11 is 3.37. The van der Waals surface area contributed by atoms with Crippen LogP contribution >= 0.6 is 15.9 Å². The number of carbonyl (C=O) groups is 1. The third kappa shape index (κ3) is 2.84. The van der Waals surface area contributed by atoms with E-state index in [-0.39, 0.29) is 17.9 Å². The van der Waals surface area contributed by atoms with Crippen molar-refractivity contribution in [2.75, 3.05) is 11.9 Å². The van der Waals surface area contributed by atoms with Crippen LogP contribution in [0.25, 0.3) is 0 Å². The summed E-state index contributed by atoms with van der Waals surface area (Å²) in [5, 5.41) is 2.79. The molecule has 2 rings (SSSR count). The highest BCUT2D eigenvalue weighted by Crippen LogP contribution is 2.22. The molecule has 1 N–H and O–H groups in total. The molecule has 0 saturated carbocycles. The van der Waals surface area contributed by atoms with Gasteiger partial charge in [0.1, 0.15) is 11.9 Å². The molecule has 1 aliphatic rings. The topological polar surface area (TPSA) is 51.2 Å². The summed E-state index contributed by atoms with van der Waals surface area (Å²) in [6.07, 6.45) is 0.589. The van der Waals surface area contributed by atoms with Crippen molar-refractivity contribution >= 4 is 27.7 Å². The van der Waals surface area contributed by atoms with Crippen LogP contribution in [0.5, 0.6) is 0 Å². The first-order valence-corrected chi connectivity index (χ1v) is 6.43. The fourth-order valence-corrected chi connectivity index (χ4v) is 2.06. The van der Waals surface area contributed by atoms with E-state index in [9.17, 15) is 4.79 Å². The molecule has 2 heterocycles. The van der Waals surface area contributed by atoms with E-state index in [1.165, 1.54) is 0 Å². The van der Waals surface area contributed by atoms with Gasteiger partial charge in [0.15, 0.2) is 0 Å². The number of amides is 1. The maximum Gasteiger partial charge on any atom is 0.254 e. The standard InChI is InChI=1S/C12H15BrN2O2/c1-7-5-6-17-11(7)12(16)15-10-4-3-9(13)8(2)14-10/h3-4,7,11H,5-6H2,1-2H3,(H,14,15,16). The van der Waals surface area contributed by atoms with Gasteiger partial charge in [0.25, 0.3) is 5.91 Å². The number of nitrogens with one attached hydrogen (secondary N) is 1. The first-order valence-electron chi connectivity index (χ1n) is 5.63. The van der Waals surface area contributed by atoms with Gasteiger partial charge in [0.05, 0.1) is 5.69 Å². The summed E-state index contributed by atoms with van der Waals surface area (Å²) in [4.78, 5) is 16.2. The molecule has 0 aliphatic carbocycles. The van der Waals surface area contributed by atoms with Gasteiger partial charge in [-0.2, -0.15) is 0 Å². The lowest BCUT2D eigenvalue weighted by Gasteiger charge is -2.14. The third-order valence-corrected chi connectivity index (χ3v) is 3.76. The van der Waals surface area contributed by atoms with Crippen LogP contribution in [-0.4, -0.2) is 23.6 Å². The normalized spacial score (nSPS) is 23.7. The molecule has 1 amide bonds. The van der Waals surface area contributed by atoms with Gasteiger partial charge in [-0.3, -0.25) is 4.79 Å². The molecule has 0 bridgehead atoms. The Balaban J connectivity index is 2.05. The molecule has 92 valence electrons. The summed E-state index contributed by atoms with van der Waals surface area (Å²) in [7, 11) is 0. The van der Waals surface area contributed by atoms with Crippen molar-refractivity contribution in [3.05, 3.63) is 22.3 Å². The van der Waals surface area contributed by atoms with Crippen LogP contribution in [0.2, 0.25) is 0 Å². The van der Waals surface area contributed by atoms with Crippen molar-refractivity contribution in [1.82, 2.24) is 4.98 Å². The van der Waals surface area contributed by atoms with Gasteiger partial charge in [0.2, 0.25) is 0 Å². The van der Waals surface area contributed by atoms with E-state index in [1.54, 1.807) is 6.07 Å². The Hall–Kier alpha value is -0.940. The van der Waals surface area contributed by atoms with Gasteiger partial charge in [-0.1, -0.05) is 6.92 Å². The number of rotatable bonds is 2. The van der Waals surface area contributed by atoms with Gasteiger partial charge >= 0.3 is 0 Å². The molecule has 4 nitrogen and oxygen atoms in total. The number of hydrogen-bond acceptors (Lipinski definition) is 3. The lowest BCUT2D eigenvalue weighted by Crippen LogP contribution is -2.31. The number of halogens is 1.